The molecular weight excluding hydrogens is 254 g/mol. The van der Waals surface area contributed by atoms with Crippen LogP contribution in [0.25, 0.3) is 0 Å². The van der Waals surface area contributed by atoms with Gasteiger partial charge in [-0.2, -0.15) is 11.8 Å². The highest BCUT2D eigenvalue weighted by Gasteiger charge is 2.21. The molecule has 0 spiro atoms. The topological polar surface area (TPSA) is 71.8 Å². The Morgan fingerprint density at radius 1 is 1.47 bits per heavy atom. The zero-order valence-corrected chi connectivity index (χ0v) is 11.7. The highest BCUT2D eigenvalue weighted by Crippen LogP contribution is 2.35. The Balaban J connectivity index is 2.34. The van der Waals surface area contributed by atoms with Crippen LogP contribution >= 0.6 is 23.5 Å². The summed E-state index contributed by atoms with van der Waals surface area (Å²) in [6.07, 6.45) is 0. The quantitative estimate of drug-likeness (QED) is 0.861. The zero-order chi connectivity index (χ0) is 12.4. The number of aromatic nitrogens is 2. The number of thioether (sulfide) groups is 2. The Hall–Kier alpha value is -0.620. The Bertz CT molecular complexity index is 453. The summed E-state index contributed by atoms with van der Waals surface area (Å²) in [6, 6.07) is 0. The normalized spacial score (nSPS) is 20.8. The Kier molecular flexibility index (Phi) is 4.04. The predicted molar refractivity (Wildman–Crippen MR) is 75.9 cm³/mol. The number of nitrogens with zero attached hydrogens (tertiary/aromatic N) is 1. The fourth-order valence-electron chi connectivity index (χ4n) is 1.87. The molecule has 1 aliphatic heterocycles. The third-order valence-electron chi connectivity index (χ3n) is 2.70. The maximum absolute atomic E-state index is 12.0. The van der Waals surface area contributed by atoms with E-state index in [1.54, 1.807) is 0 Å². The lowest BCUT2D eigenvalue weighted by Gasteiger charge is -2.20. The van der Waals surface area contributed by atoms with Crippen LogP contribution in [0.4, 0.5) is 5.82 Å². The minimum Gasteiger partial charge on any atom is -0.383 e. The SMILES string of the molecule is CC(C)c1c(N)nc(C2CSCCS2)[nH]c1=O. The lowest BCUT2D eigenvalue weighted by molar-refractivity contribution is 0.810. The lowest BCUT2D eigenvalue weighted by atomic mass is 10.1. The van der Waals surface area contributed by atoms with Crippen molar-refractivity contribution in [2.75, 3.05) is 23.0 Å². The van der Waals surface area contributed by atoms with E-state index in [1.807, 2.05) is 37.4 Å². The molecule has 2 heterocycles. The molecule has 1 unspecified atom stereocenters. The van der Waals surface area contributed by atoms with E-state index in [9.17, 15) is 4.79 Å². The summed E-state index contributed by atoms with van der Waals surface area (Å²) < 4.78 is 0. The van der Waals surface area contributed by atoms with E-state index in [2.05, 4.69) is 9.97 Å². The van der Waals surface area contributed by atoms with E-state index in [-0.39, 0.29) is 16.7 Å². The predicted octanol–water partition coefficient (Wildman–Crippen LogP) is 2.00. The number of hydrogen-bond donors (Lipinski definition) is 2. The molecule has 1 aromatic heterocycles. The zero-order valence-electron chi connectivity index (χ0n) is 10.0. The van der Waals surface area contributed by atoms with Gasteiger partial charge < -0.3 is 10.7 Å². The molecule has 3 N–H and O–H groups in total. The molecule has 0 bridgehead atoms. The van der Waals surface area contributed by atoms with Gasteiger partial charge in [0.2, 0.25) is 0 Å². The second kappa shape index (κ2) is 5.35. The van der Waals surface area contributed by atoms with Crippen molar-refractivity contribution in [1.29, 1.82) is 0 Å². The molecule has 1 atom stereocenters. The summed E-state index contributed by atoms with van der Waals surface area (Å²) in [5.41, 5.74) is 6.40. The van der Waals surface area contributed by atoms with Crippen LogP contribution in [0.2, 0.25) is 0 Å². The van der Waals surface area contributed by atoms with Crippen LogP contribution < -0.4 is 11.3 Å². The van der Waals surface area contributed by atoms with Crippen molar-refractivity contribution in [3.05, 3.63) is 21.7 Å². The van der Waals surface area contributed by atoms with Gasteiger partial charge in [-0.1, -0.05) is 13.8 Å². The van der Waals surface area contributed by atoms with E-state index < -0.39 is 0 Å². The number of hydrogen-bond acceptors (Lipinski definition) is 5. The van der Waals surface area contributed by atoms with Crippen molar-refractivity contribution in [3.63, 3.8) is 0 Å². The Labute approximate surface area is 109 Å². The maximum Gasteiger partial charge on any atom is 0.256 e. The molecule has 1 aromatic rings. The maximum atomic E-state index is 12.0. The number of nitrogens with one attached hydrogen (secondary N) is 1. The molecule has 4 nitrogen and oxygen atoms in total. The van der Waals surface area contributed by atoms with Crippen molar-refractivity contribution in [1.82, 2.24) is 9.97 Å². The molecule has 1 aliphatic rings. The third kappa shape index (κ3) is 2.80. The fraction of sp³-hybridized carbons (Fsp3) is 0.636. The molecule has 2 rings (SSSR count). The van der Waals surface area contributed by atoms with E-state index in [0.717, 1.165) is 17.3 Å². The summed E-state index contributed by atoms with van der Waals surface area (Å²) in [5.74, 6) is 4.49. The summed E-state index contributed by atoms with van der Waals surface area (Å²) >= 11 is 3.74. The van der Waals surface area contributed by atoms with Gasteiger partial charge in [-0.3, -0.25) is 4.79 Å². The number of nitrogen functional groups attached to an aromatic ring is 1. The minimum absolute atomic E-state index is 0.0846. The van der Waals surface area contributed by atoms with Gasteiger partial charge in [-0.15, -0.1) is 11.8 Å². The molecule has 1 saturated heterocycles. The van der Waals surface area contributed by atoms with Crippen molar-refractivity contribution < 1.29 is 0 Å². The first-order valence-electron chi connectivity index (χ1n) is 5.68. The summed E-state index contributed by atoms with van der Waals surface area (Å²) in [7, 11) is 0. The van der Waals surface area contributed by atoms with Gasteiger partial charge in [-0.05, 0) is 5.92 Å². The van der Waals surface area contributed by atoms with Gasteiger partial charge in [-0.25, -0.2) is 4.98 Å². The average Bonchev–Trinajstić information content (AvgIpc) is 2.28. The molecule has 0 aromatic carbocycles. The largest absolute Gasteiger partial charge is 0.383 e. The fourth-order valence-corrected chi connectivity index (χ4v) is 4.50. The molecular formula is C11H17N3OS2. The van der Waals surface area contributed by atoms with Crippen LogP contribution in [0.3, 0.4) is 0 Å². The van der Waals surface area contributed by atoms with Crippen molar-refractivity contribution >= 4 is 29.3 Å². The first-order valence-corrected chi connectivity index (χ1v) is 7.89. The van der Waals surface area contributed by atoms with E-state index in [1.165, 1.54) is 5.75 Å². The Morgan fingerprint density at radius 2 is 2.24 bits per heavy atom. The number of nitrogens with two attached hydrogens (primary N) is 1. The van der Waals surface area contributed by atoms with Crippen LogP contribution in [0, 0.1) is 0 Å². The summed E-state index contributed by atoms with van der Waals surface area (Å²) in [6.45, 7) is 3.90. The summed E-state index contributed by atoms with van der Waals surface area (Å²) in [4.78, 5) is 19.2. The third-order valence-corrected chi connectivity index (χ3v) is 5.46. The second-order valence-corrected chi connectivity index (χ2v) is 6.80. The van der Waals surface area contributed by atoms with Crippen molar-refractivity contribution in [3.8, 4) is 0 Å². The first-order chi connectivity index (χ1) is 8.09. The minimum atomic E-state index is -0.0846. The number of aromatic amines is 1. The lowest BCUT2D eigenvalue weighted by Crippen LogP contribution is -2.23. The molecule has 0 radical (unpaired) electrons. The molecule has 0 saturated carbocycles. The molecule has 1 fully saturated rings. The van der Waals surface area contributed by atoms with Gasteiger partial charge >= 0.3 is 0 Å². The van der Waals surface area contributed by atoms with Gasteiger partial charge in [0.15, 0.2) is 0 Å². The van der Waals surface area contributed by atoms with Crippen LogP contribution in [0.1, 0.15) is 36.4 Å². The van der Waals surface area contributed by atoms with Crippen LogP contribution in [-0.2, 0) is 0 Å². The summed E-state index contributed by atoms with van der Waals surface area (Å²) in [5, 5.41) is 0.268. The second-order valence-electron chi connectivity index (χ2n) is 4.34. The van der Waals surface area contributed by atoms with Gasteiger partial charge in [0.25, 0.3) is 5.56 Å². The van der Waals surface area contributed by atoms with E-state index in [0.29, 0.717) is 11.4 Å². The van der Waals surface area contributed by atoms with Crippen LogP contribution in [-0.4, -0.2) is 27.2 Å². The van der Waals surface area contributed by atoms with E-state index in [4.69, 9.17) is 5.73 Å². The number of anilines is 1. The number of rotatable bonds is 2. The average molecular weight is 271 g/mol. The molecule has 6 heteroatoms. The number of H-pyrrole nitrogens is 1. The molecule has 0 amide bonds. The molecule has 17 heavy (non-hydrogen) atoms. The Morgan fingerprint density at radius 3 is 2.76 bits per heavy atom. The standard InChI is InChI=1S/C11H17N3OS2/c1-6(2)8-9(12)13-10(14-11(8)15)7-5-16-3-4-17-7/h6-7H,3-5H2,1-2H3,(H3,12,13,14,15). The smallest absolute Gasteiger partial charge is 0.256 e. The van der Waals surface area contributed by atoms with Crippen LogP contribution in [0.15, 0.2) is 4.79 Å². The molecule has 94 valence electrons. The van der Waals surface area contributed by atoms with Crippen LogP contribution in [0.5, 0.6) is 0 Å². The first kappa shape index (κ1) is 12.8. The monoisotopic (exact) mass is 271 g/mol. The van der Waals surface area contributed by atoms with E-state index >= 15 is 0 Å². The van der Waals surface area contributed by atoms with Crippen molar-refractivity contribution in [2.24, 2.45) is 0 Å². The molecule has 0 aliphatic carbocycles. The van der Waals surface area contributed by atoms with Gasteiger partial charge in [0, 0.05) is 17.3 Å². The highest BCUT2D eigenvalue weighted by molar-refractivity contribution is 8.06. The highest BCUT2D eigenvalue weighted by atomic mass is 32.2. The van der Waals surface area contributed by atoms with Crippen molar-refractivity contribution in [2.45, 2.75) is 25.0 Å². The van der Waals surface area contributed by atoms with Gasteiger partial charge in [0.1, 0.15) is 11.6 Å². The van der Waals surface area contributed by atoms with Gasteiger partial charge in [0.05, 0.1) is 10.8 Å².